The molecular formula is C32H41N7O9S. The number of rotatable bonds is 19. The average molecular weight is 700 g/mol. The number of thioether (sulfide) groups is 1. The van der Waals surface area contributed by atoms with Crippen LogP contribution in [0.25, 0.3) is 10.9 Å². The van der Waals surface area contributed by atoms with Gasteiger partial charge < -0.3 is 53.0 Å². The molecule has 0 aliphatic carbocycles. The van der Waals surface area contributed by atoms with E-state index in [1.807, 2.05) is 18.2 Å². The Hall–Kier alpha value is -5.13. The lowest BCUT2D eigenvalue weighted by molar-refractivity contribution is -0.143. The molecule has 1 aromatic heterocycles. The number of fused-ring (bicyclic) bond motifs is 1. The average Bonchev–Trinajstić information content (AvgIpc) is 3.48. The molecule has 0 fully saturated rings. The fraction of sp³-hybridized carbons (Fsp3) is 0.375. The van der Waals surface area contributed by atoms with Gasteiger partial charge in [-0.1, -0.05) is 30.3 Å². The molecule has 0 aliphatic rings. The molecule has 0 saturated heterocycles. The van der Waals surface area contributed by atoms with Crippen LogP contribution in [0.5, 0.6) is 5.75 Å². The summed E-state index contributed by atoms with van der Waals surface area (Å²) in [5.41, 5.74) is 12.8. The first kappa shape index (κ1) is 38.3. The van der Waals surface area contributed by atoms with E-state index in [0.717, 1.165) is 10.9 Å². The topological polar surface area (TPSA) is 279 Å². The molecule has 16 nitrogen and oxygen atoms in total. The van der Waals surface area contributed by atoms with Crippen molar-refractivity contribution < 1.29 is 44.1 Å². The van der Waals surface area contributed by atoms with Crippen molar-refractivity contribution in [2.24, 2.45) is 11.5 Å². The largest absolute Gasteiger partial charge is 0.508 e. The van der Waals surface area contributed by atoms with Crippen LogP contribution in [0.1, 0.15) is 24.0 Å². The lowest BCUT2D eigenvalue weighted by Gasteiger charge is -2.26. The van der Waals surface area contributed by atoms with Crippen LogP contribution in [0.3, 0.4) is 0 Å². The molecule has 0 saturated carbocycles. The number of H-pyrrole nitrogens is 1. The molecular weight excluding hydrogens is 658 g/mol. The molecule has 2 aromatic carbocycles. The maximum atomic E-state index is 13.9. The Morgan fingerprint density at radius 3 is 2.00 bits per heavy atom. The van der Waals surface area contributed by atoms with E-state index in [2.05, 4.69) is 26.3 Å². The van der Waals surface area contributed by atoms with Gasteiger partial charge in [-0.25, -0.2) is 4.79 Å². The van der Waals surface area contributed by atoms with Crippen LogP contribution in [-0.2, 0) is 41.6 Å². The van der Waals surface area contributed by atoms with Crippen LogP contribution in [-0.4, -0.2) is 105 Å². The standard InChI is InChI=1S/C32H41N7O9S/c1-49-11-10-23(29(44)39-26(32(47)48)14-27(34)42)36-31(46)25(13-18-15-35-22-5-3-2-4-20(18)22)38-30(45)24(37-28(43)21(33)16-40)12-17-6-8-19(41)9-7-17/h2-9,15,21,23-26,35,40-41H,10-14,16,33H2,1H3,(H2,34,42)(H,36,46)(H,37,43)(H,38,45)(H,39,44)(H,47,48)/t21-,23-,24-,25-,26-/m0/s1. The minimum Gasteiger partial charge on any atom is -0.508 e. The third-order valence-corrected chi connectivity index (χ3v) is 8.18. The molecule has 0 bridgehead atoms. The van der Waals surface area contributed by atoms with Crippen molar-refractivity contribution in [1.82, 2.24) is 26.3 Å². The van der Waals surface area contributed by atoms with Gasteiger partial charge in [0.05, 0.1) is 13.0 Å². The Bertz CT molecular complexity index is 1630. The zero-order chi connectivity index (χ0) is 36.1. The molecule has 0 aliphatic heterocycles. The van der Waals surface area contributed by atoms with Crippen molar-refractivity contribution in [3.8, 4) is 5.75 Å². The zero-order valence-electron chi connectivity index (χ0n) is 26.7. The van der Waals surface area contributed by atoms with E-state index >= 15 is 0 Å². The van der Waals surface area contributed by atoms with Gasteiger partial charge in [0.1, 0.15) is 36.0 Å². The second-order valence-corrected chi connectivity index (χ2v) is 12.2. The molecule has 0 spiro atoms. The van der Waals surface area contributed by atoms with Gasteiger partial charge in [0.15, 0.2) is 0 Å². The fourth-order valence-electron chi connectivity index (χ4n) is 4.89. The number of carboxylic acid groups (broad SMARTS) is 1. The zero-order valence-corrected chi connectivity index (χ0v) is 27.5. The number of benzene rings is 2. The first-order valence-electron chi connectivity index (χ1n) is 15.2. The second-order valence-electron chi connectivity index (χ2n) is 11.3. The van der Waals surface area contributed by atoms with E-state index in [9.17, 15) is 44.1 Å². The number of aromatic amines is 1. The summed E-state index contributed by atoms with van der Waals surface area (Å²) in [5.74, 6) is -5.34. The molecule has 0 unspecified atom stereocenters. The molecule has 0 radical (unpaired) electrons. The molecule has 12 N–H and O–H groups in total. The summed E-state index contributed by atoms with van der Waals surface area (Å²) in [7, 11) is 0. The number of aliphatic carboxylic acids is 1. The molecule has 1 heterocycles. The van der Waals surface area contributed by atoms with Crippen molar-refractivity contribution in [2.45, 2.75) is 55.9 Å². The monoisotopic (exact) mass is 699 g/mol. The molecule has 5 atom stereocenters. The number of carbonyl (C=O) groups is 6. The second kappa shape index (κ2) is 18.4. The number of amides is 5. The highest BCUT2D eigenvalue weighted by molar-refractivity contribution is 7.98. The van der Waals surface area contributed by atoms with E-state index in [1.165, 1.54) is 23.9 Å². The summed E-state index contributed by atoms with van der Waals surface area (Å²) in [6, 6.07) is 6.33. The minimum atomic E-state index is -1.63. The van der Waals surface area contributed by atoms with Crippen LogP contribution in [0.2, 0.25) is 0 Å². The summed E-state index contributed by atoms with van der Waals surface area (Å²) in [5, 5.41) is 39.4. The maximum absolute atomic E-state index is 13.9. The van der Waals surface area contributed by atoms with Crippen molar-refractivity contribution in [3.63, 3.8) is 0 Å². The number of phenolic OH excluding ortho intramolecular Hbond substituents is 1. The molecule has 3 rings (SSSR count). The summed E-state index contributed by atoms with van der Waals surface area (Å²) in [6.07, 6.45) is 2.72. The highest BCUT2D eigenvalue weighted by Crippen LogP contribution is 2.20. The van der Waals surface area contributed by atoms with Crippen LogP contribution in [0.15, 0.2) is 54.7 Å². The van der Waals surface area contributed by atoms with Crippen molar-refractivity contribution >= 4 is 58.2 Å². The number of nitrogens with two attached hydrogens (primary N) is 2. The van der Waals surface area contributed by atoms with Crippen LogP contribution >= 0.6 is 11.8 Å². The third kappa shape index (κ3) is 11.5. The van der Waals surface area contributed by atoms with Crippen LogP contribution in [0.4, 0.5) is 0 Å². The molecule has 5 amide bonds. The van der Waals surface area contributed by atoms with E-state index in [0.29, 0.717) is 16.9 Å². The Morgan fingerprint density at radius 1 is 0.816 bits per heavy atom. The van der Waals surface area contributed by atoms with Gasteiger partial charge in [0.25, 0.3) is 0 Å². The quantitative estimate of drug-likeness (QED) is 0.0697. The summed E-state index contributed by atoms with van der Waals surface area (Å²) in [4.78, 5) is 79.8. The predicted octanol–water partition coefficient (Wildman–Crippen LogP) is -1.37. The Labute approximate surface area is 285 Å². The third-order valence-electron chi connectivity index (χ3n) is 7.54. The van der Waals surface area contributed by atoms with Gasteiger partial charge in [-0.3, -0.25) is 24.0 Å². The minimum absolute atomic E-state index is 0.0177. The lowest BCUT2D eigenvalue weighted by atomic mass is 10.0. The van der Waals surface area contributed by atoms with E-state index in [-0.39, 0.29) is 25.0 Å². The Morgan fingerprint density at radius 2 is 1.39 bits per heavy atom. The number of hydrogen-bond acceptors (Lipinski definition) is 10. The van der Waals surface area contributed by atoms with Crippen molar-refractivity contribution in [3.05, 3.63) is 65.9 Å². The summed E-state index contributed by atoms with van der Waals surface area (Å²) >= 11 is 1.37. The van der Waals surface area contributed by atoms with Crippen molar-refractivity contribution in [2.75, 3.05) is 18.6 Å². The van der Waals surface area contributed by atoms with E-state index in [4.69, 9.17) is 11.5 Å². The fourth-order valence-corrected chi connectivity index (χ4v) is 5.36. The first-order valence-corrected chi connectivity index (χ1v) is 16.6. The van der Waals surface area contributed by atoms with Crippen LogP contribution in [0, 0.1) is 0 Å². The van der Waals surface area contributed by atoms with Gasteiger partial charge in [-0.15, -0.1) is 0 Å². The molecule has 264 valence electrons. The lowest BCUT2D eigenvalue weighted by Crippen LogP contribution is -2.59. The van der Waals surface area contributed by atoms with Crippen LogP contribution < -0.4 is 32.7 Å². The SMILES string of the molecule is CSCC[C@H](NC(=O)[C@H](Cc1c[nH]c2ccccc12)NC(=O)[C@H](Cc1ccc(O)cc1)NC(=O)[C@@H](N)CO)C(=O)N[C@@H](CC(N)=O)C(=O)O. The van der Waals surface area contributed by atoms with Crippen molar-refractivity contribution in [1.29, 1.82) is 0 Å². The first-order chi connectivity index (χ1) is 23.3. The number of phenols is 1. The smallest absolute Gasteiger partial charge is 0.326 e. The number of aliphatic hydroxyl groups excluding tert-OH is 1. The normalized spacial score (nSPS) is 14.1. The van der Waals surface area contributed by atoms with Gasteiger partial charge >= 0.3 is 5.97 Å². The number of primary amides is 1. The highest BCUT2D eigenvalue weighted by Gasteiger charge is 2.32. The number of carboxylic acids is 1. The van der Waals surface area contributed by atoms with Gasteiger partial charge in [-0.2, -0.15) is 11.8 Å². The number of para-hydroxylation sites is 1. The number of aromatic hydroxyl groups is 1. The van der Waals surface area contributed by atoms with Gasteiger partial charge in [0, 0.05) is 29.9 Å². The highest BCUT2D eigenvalue weighted by atomic mass is 32.2. The number of aliphatic hydroxyl groups is 1. The summed E-state index contributed by atoms with van der Waals surface area (Å²) in [6.45, 7) is -0.688. The van der Waals surface area contributed by atoms with Gasteiger partial charge in [-0.05, 0) is 47.8 Å². The van der Waals surface area contributed by atoms with E-state index < -0.39 is 78.7 Å². The Kier molecular flexibility index (Phi) is 14.4. The summed E-state index contributed by atoms with van der Waals surface area (Å²) < 4.78 is 0. The number of carbonyl (C=O) groups excluding carboxylic acids is 5. The predicted molar refractivity (Wildman–Crippen MR) is 181 cm³/mol. The number of nitrogens with one attached hydrogen (secondary N) is 5. The molecule has 49 heavy (non-hydrogen) atoms. The Balaban J connectivity index is 1.94. The maximum Gasteiger partial charge on any atom is 0.326 e. The molecule has 17 heteroatoms. The molecule has 3 aromatic rings. The number of aromatic nitrogens is 1. The number of hydrogen-bond donors (Lipinski definition) is 10. The van der Waals surface area contributed by atoms with Gasteiger partial charge in [0.2, 0.25) is 29.5 Å². The van der Waals surface area contributed by atoms with E-state index in [1.54, 1.807) is 30.7 Å².